The van der Waals surface area contributed by atoms with Crippen LogP contribution in [0, 0.1) is 9.49 Å². The first-order valence-corrected chi connectivity index (χ1v) is 5.88. The number of halogens is 2. The predicted octanol–water partition coefficient (Wildman–Crippen LogP) is 3.08. The molecule has 1 aliphatic rings. The largest absolute Gasteiger partial charge is 0.240 e. The number of hydrogen-bond acceptors (Lipinski definition) is 2. The van der Waals surface area contributed by atoms with Crippen molar-refractivity contribution >= 4 is 34.2 Å². The van der Waals surface area contributed by atoms with E-state index in [0.29, 0.717) is 5.15 Å². The van der Waals surface area contributed by atoms with Gasteiger partial charge in [0.1, 0.15) is 11.0 Å². The zero-order valence-electron chi connectivity index (χ0n) is 7.13. The van der Waals surface area contributed by atoms with Gasteiger partial charge >= 0.3 is 0 Å². The van der Waals surface area contributed by atoms with Gasteiger partial charge in [0.2, 0.25) is 0 Å². The molecule has 0 aromatic carbocycles. The summed E-state index contributed by atoms with van der Waals surface area (Å²) in [7, 11) is 0. The molecule has 1 aliphatic carbocycles. The fourth-order valence-corrected chi connectivity index (χ4v) is 1.84. The summed E-state index contributed by atoms with van der Waals surface area (Å²) in [5.74, 6) is 1.70. The molecule has 13 heavy (non-hydrogen) atoms. The van der Waals surface area contributed by atoms with Crippen LogP contribution in [0.15, 0.2) is 6.20 Å². The third kappa shape index (κ3) is 2.31. The number of aromatic nitrogens is 2. The molecule has 4 heteroatoms. The molecule has 2 rings (SSSR count). The Morgan fingerprint density at radius 1 is 1.54 bits per heavy atom. The van der Waals surface area contributed by atoms with Crippen molar-refractivity contribution in [1.82, 2.24) is 9.97 Å². The van der Waals surface area contributed by atoms with Crippen LogP contribution in [0.5, 0.6) is 0 Å². The van der Waals surface area contributed by atoms with Crippen molar-refractivity contribution < 1.29 is 0 Å². The van der Waals surface area contributed by atoms with Gasteiger partial charge in [-0.15, -0.1) is 0 Å². The van der Waals surface area contributed by atoms with E-state index in [1.54, 1.807) is 6.20 Å². The minimum Gasteiger partial charge on any atom is -0.240 e. The highest BCUT2D eigenvalue weighted by Crippen LogP contribution is 2.29. The molecule has 0 amide bonds. The fourth-order valence-electron chi connectivity index (χ4n) is 1.43. The molecule has 2 nitrogen and oxygen atoms in total. The number of rotatable bonds is 2. The Hall–Kier alpha value is 0.100. The molecule has 0 bridgehead atoms. The van der Waals surface area contributed by atoms with E-state index in [4.69, 9.17) is 11.6 Å². The van der Waals surface area contributed by atoms with Gasteiger partial charge in [0.15, 0.2) is 0 Å². The highest BCUT2D eigenvalue weighted by atomic mass is 127. The molecular formula is C9H10ClIN2. The average molecular weight is 309 g/mol. The standard InChI is InChI=1S/C9H10ClIN2/c10-9-7(11)5-12-8(13-9)4-6-2-1-3-6/h5-6H,1-4H2. The van der Waals surface area contributed by atoms with Crippen LogP contribution in [0.3, 0.4) is 0 Å². The Morgan fingerprint density at radius 3 is 2.85 bits per heavy atom. The Balaban J connectivity index is 2.07. The Kier molecular flexibility index (Phi) is 3.03. The summed E-state index contributed by atoms with van der Waals surface area (Å²) in [4.78, 5) is 8.50. The van der Waals surface area contributed by atoms with Gasteiger partial charge in [-0.2, -0.15) is 0 Å². The van der Waals surface area contributed by atoms with Crippen molar-refractivity contribution in [3.8, 4) is 0 Å². The first kappa shape index (κ1) is 9.65. The third-order valence-electron chi connectivity index (χ3n) is 2.45. The van der Waals surface area contributed by atoms with E-state index < -0.39 is 0 Å². The molecule has 0 aliphatic heterocycles. The maximum Gasteiger partial charge on any atom is 0.146 e. The molecule has 1 fully saturated rings. The van der Waals surface area contributed by atoms with E-state index in [9.17, 15) is 0 Å². The van der Waals surface area contributed by atoms with Gasteiger partial charge in [0, 0.05) is 12.6 Å². The smallest absolute Gasteiger partial charge is 0.146 e. The van der Waals surface area contributed by atoms with Crippen LogP contribution < -0.4 is 0 Å². The van der Waals surface area contributed by atoms with E-state index in [0.717, 1.165) is 21.7 Å². The van der Waals surface area contributed by atoms with Gasteiger partial charge in [0.25, 0.3) is 0 Å². The van der Waals surface area contributed by atoms with Gasteiger partial charge in [-0.3, -0.25) is 0 Å². The molecule has 0 spiro atoms. The molecule has 1 aromatic heterocycles. The highest BCUT2D eigenvalue weighted by molar-refractivity contribution is 14.1. The van der Waals surface area contributed by atoms with Crippen LogP contribution in [0.4, 0.5) is 0 Å². The topological polar surface area (TPSA) is 25.8 Å². The molecule has 0 radical (unpaired) electrons. The van der Waals surface area contributed by atoms with Crippen molar-refractivity contribution in [2.45, 2.75) is 25.7 Å². The van der Waals surface area contributed by atoms with Crippen LogP contribution >= 0.6 is 34.2 Å². The summed E-state index contributed by atoms with van der Waals surface area (Å²) in [5, 5.41) is 0.588. The van der Waals surface area contributed by atoms with E-state index >= 15 is 0 Å². The molecule has 0 saturated heterocycles. The summed E-state index contributed by atoms with van der Waals surface area (Å²) in [6, 6.07) is 0. The summed E-state index contributed by atoms with van der Waals surface area (Å²) in [5.41, 5.74) is 0. The zero-order chi connectivity index (χ0) is 9.26. The van der Waals surface area contributed by atoms with Crippen molar-refractivity contribution in [2.75, 3.05) is 0 Å². The molecule has 0 N–H and O–H groups in total. The SMILES string of the molecule is Clc1nc(CC2CCC2)ncc1I. The minimum absolute atomic E-state index is 0.588. The Labute approximate surface area is 96.3 Å². The first-order chi connectivity index (χ1) is 6.25. The molecule has 1 saturated carbocycles. The van der Waals surface area contributed by atoms with Gasteiger partial charge in [-0.1, -0.05) is 30.9 Å². The van der Waals surface area contributed by atoms with E-state index in [1.807, 2.05) is 0 Å². The van der Waals surface area contributed by atoms with Crippen LogP contribution in [-0.2, 0) is 6.42 Å². The van der Waals surface area contributed by atoms with Crippen LogP contribution in [-0.4, -0.2) is 9.97 Å². The van der Waals surface area contributed by atoms with Crippen molar-refractivity contribution in [2.24, 2.45) is 5.92 Å². The Bertz CT molecular complexity index is 312. The lowest BCUT2D eigenvalue weighted by atomic mass is 9.83. The molecule has 70 valence electrons. The van der Waals surface area contributed by atoms with Crippen LogP contribution in [0.1, 0.15) is 25.1 Å². The number of nitrogens with zero attached hydrogens (tertiary/aromatic N) is 2. The molecule has 0 unspecified atom stereocenters. The summed E-state index contributed by atoms with van der Waals surface area (Å²) in [6.07, 6.45) is 6.81. The van der Waals surface area contributed by atoms with Crippen molar-refractivity contribution in [1.29, 1.82) is 0 Å². The Morgan fingerprint density at radius 2 is 2.31 bits per heavy atom. The average Bonchev–Trinajstić information content (AvgIpc) is 2.04. The maximum absolute atomic E-state index is 5.90. The lowest BCUT2D eigenvalue weighted by Gasteiger charge is -2.24. The van der Waals surface area contributed by atoms with Crippen LogP contribution in [0.2, 0.25) is 5.15 Å². The summed E-state index contributed by atoms with van der Waals surface area (Å²) < 4.78 is 0.927. The second kappa shape index (κ2) is 4.09. The van der Waals surface area contributed by atoms with E-state index in [-0.39, 0.29) is 0 Å². The fraction of sp³-hybridized carbons (Fsp3) is 0.556. The first-order valence-electron chi connectivity index (χ1n) is 4.42. The molecule has 0 atom stereocenters. The second-order valence-corrected chi connectivity index (χ2v) is 4.95. The zero-order valence-corrected chi connectivity index (χ0v) is 10.0. The number of hydrogen-bond donors (Lipinski definition) is 0. The van der Waals surface area contributed by atoms with Gasteiger partial charge in [0.05, 0.1) is 3.57 Å². The van der Waals surface area contributed by atoms with E-state index in [2.05, 4.69) is 32.6 Å². The monoisotopic (exact) mass is 308 g/mol. The summed E-state index contributed by atoms with van der Waals surface area (Å²) in [6.45, 7) is 0. The van der Waals surface area contributed by atoms with Gasteiger partial charge in [-0.05, 0) is 28.5 Å². The highest BCUT2D eigenvalue weighted by Gasteiger charge is 2.19. The molecule has 1 aromatic rings. The third-order valence-corrected chi connectivity index (χ3v) is 3.84. The summed E-state index contributed by atoms with van der Waals surface area (Å²) >= 11 is 8.04. The lowest BCUT2D eigenvalue weighted by Crippen LogP contribution is -2.15. The van der Waals surface area contributed by atoms with Gasteiger partial charge < -0.3 is 0 Å². The normalized spacial score (nSPS) is 17.1. The molecule has 1 heterocycles. The maximum atomic E-state index is 5.90. The van der Waals surface area contributed by atoms with Crippen molar-refractivity contribution in [3.05, 3.63) is 20.7 Å². The second-order valence-electron chi connectivity index (χ2n) is 3.43. The molecular weight excluding hydrogens is 298 g/mol. The lowest BCUT2D eigenvalue weighted by molar-refractivity contribution is 0.309. The van der Waals surface area contributed by atoms with Crippen LogP contribution in [0.25, 0.3) is 0 Å². The van der Waals surface area contributed by atoms with E-state index in [1.165, 1.54) is 19.3 Å². The minimum atomic E-state index is 0.588. The predicted molar refractivity (Wildman–Crippen MR) is 60.8 cm³/mol. The quantitative estimate of drug-likeness (QED) is 0.620. The van der Waals surface area contributed by atoms with Crippen molar-refractivity contribution in [3.63, 3.8) is 0 Å². The van der Waals surface area contributed by atoms with Gasteiger partial charge in [-0.25, -0.2) is 9.97 Å².